The van der Waals surface area contributed by atoms with Crippen molar-refractivity contribution in [3.63, 3.8) is 0 Å². The van der Waals surface area contributed by atoms with Crippen LogP contribution in [0, 0.1) is 0 Å². The van der Waals surface area contributed by atoms with Gasteiger partial charge in [-0.25, -0.2) is 4.98 Å². The van der Waals surface area contributed by atoms with E-state index in [1.807, 2.05) is 48.5 Å². The highest BCUT2D eigenvalue weighted by Crippen LogP contribution is 2.28. The topological polar surface area (TPSA) is 63.4 Å². The Balaban J connectivity index is 1.87. The fraction of sp³-hybridized carbons (Fsp3) is 0.0556. The van der Waals surface area contributed by atoms with Crippen LogP contribution in [0.3, 0.4) is 0 Å². The van der Waals surface area contributed by atoms with Crippen LogP contribution in [-0.2, 0) is 0 Å². The number of aliphatic imine (C=N–C) groups is 2. The highest BCUT2D eigenvalue weighted by atomic mass is 15.0. The highest BCUT2D eigenvalue weighted by Gasteiger charge is 2.15. The predicted molar refractivity (Wildman–Crippen MR) is 90.4 cm³/mol. The molecule has 0 radical (unpaired) electrons. The molecule has 0 spiro atoms. The maximum absolute atomic E-state index is 4.72. The minimum absolute atomic E-state index is 0.220. The molecule has 5 nitrogen and oxygen atoms in total. The molecule has 0 N–H and O–H groups in total. The van der Waals surface area contributed by atoms with Gasteiger partial charge in [-0.2, -0.15) is 0 Å². The summed E-state index contributed by atoms with van der Waals surface area (Å²) in [4.78, 5) is 22.2. The standard InChI is InChI=1S/C18H13N5/c1-3-7-19-14(5-1)16-11-13(18-21-9-10-22-18)12-17(23-16)15-6-2-4-8-20-15/h1-12,18H. The maximum Gasteiger partial charge on any atom is 0.165 e. The van der Waals surface area contributed by atoms with Crippen LogP contribution in [0.25, 0.3) is 22.8 Å². The Morgan fingerprint density at radius 3 is 1.70 bits per heavy atom. The first-order chi connectivity index (χ1) is 11.4. The first-order valence-corrected chi connectivity index (χ1v) is 7.30. The molecule has 1 aliphatic rings. The fourth-order valence-corrected chi connectivity index (χ4v) is 2.44. The molecule has 3 aromatic heterocycles. The Morgan fingerprint density at radius 1 is 0.652 bits per heavy atom. The predicted octanol–water partition coefficient (Wildman–Crippen LogP) is 3.36. The van der Waals surface area contributed by atoms with Crippen molar-refractivity contribution in [3.8, 4) is 22.8 Å². The monoisotopic (exact) mass is 299 g/mol. The van der Waals surface area contributed by atoms with Crippen molar-refractivity contribution < 1.29 is 0 Å². The van der Waals surface area contributed by atoms with E-state index in [-0.39, 0.29) is 6.17 Å². The van der Waals surface area contributed by atoms with E-state index >= 15 is 0 Å². The third-order valence-electron chi connectivity index (χ3n) is 3.52. The second-order valence-corrected chi connectivity index (χ2v) is 5.07. The smallest absolute Gasteiger partial charge is 0.165 e. The lowest BCUT2D eigenvalue weighted by Crippen LogP contribution is -1.97. The zero-order chi connectivity index (χ0) is 15.5. The molecule has 23 heavy (non-hydrogen) atoms. The SMILES string of the molecule is C1=NC(c2cc(-c3ccccn3)nc(-c3ccccn3)c2)N=C1. The van der Waals surface area contributed by atoms with E-state index < -0.39 is 0 Å². The summed E-state index contributed by atoms with van der Waals surface area (Å²) in [5, 5.41) is 0. The summed E-state index contributed by atoms with van der Waals surface area (Å²) in [5.41, 5.74) is 4.20. The molecule has 0 saturated carbocycles. The van der Waals surface area contributed by atoms with Crippen LogP contribution in [0.5, 0.6) is 0 Å². The molecule has 0 aromatic carbocycles. The Kier molecular flexibility index (Phi) is 3.44. The second-order valence-electron chi connectivity index (χ2n) is 5.07. The van der Waals surface area contributed by atoms with Crippen LogP contribution in [0.4, 0.5) is 0 Å². The van der Waals surface area contributed by atoms with Crippen molar-refractivity contribution in [2.75, 3.05) is 0 Å². The van der Waals surface area contributed by atoms with Crippen LogP contribution >= 0.6 is 0 Å². The lowest BCUT2D eigenvalue weighted by atomic mass is 10.1. The normalized spacial score (nSPS) is 13.6. The van der Waals surface area contributed by atoms with Gasteiger partial charge in [-0.1, -0.05) is 12.1 Å². The molecule has 0 unspecified atom stereocenters. The van der Waals surface area contributed by atoms with Crippen LogP contribution in [0.1, 0.15) is 11.7 Å². The Hall–Kier alpha value is -3.21. The molecule has 1 aliphatic heterocycles. The van der Waals surface area contributed by atoms with Gasteiger partial charge in [0.2, 0.25) is 0 Å². The number of nitrogens with zero attached hydrogens (tertiary/aromatic N) is 5. The van der Waals surface area contributed by atoms with Crippen molar-refractivity contribution in [1.82, 2.24) is 15.0 Å². The van der Waals surface area contributed by atoms with Crippen molar-refractivity contribution in [2.45, 2.75) is 6.17 Å². The van der Waals surface area contributed by atoms with Gasteiger partial charge in [0.05, 0.1) is 22.8 Å². The Morgan fingerprint density at radius 2 is 1.22 bits per heavy atom. The molecule has 110 valence electrons. The maximum atomic E-state index is 4.72. The fourth-order valence-electron chi connectivity index (χ4n) is 2.44. The molecule has 3 aromatic rings. The first kappa shape index (κ1) is 13.5. The van der Waals surface area contributed by atoms with Gasteiger partial charge < -0.3 is 0 Å². The molecule has 0 saturated heterocycles. The van der Waals surface area contributed by atoms with Crippen molar-refractivity contribution in [2.24, 2.45) is 9.98 Å². The van der Waals surface area contributed by atoms with Gasteiger partial charge >= 0.3 is 0 Å². The van der Waals surface area contributed by atoms with Gasteiger partial charge in [-0.15, -0.1) is 0 Å². The average Bonchev–Trinajstić information content (AvgIpc) is 3.18. The molecule has 0 amide bonds. The third kappa shape index (κ3) is 2.76. The van der Waals surface area contributed by atoms with Gasteiger partial charge in [0.15, 0.2) is 6.17 Å². The van der Waals surface area contributed by atoms with Crippen LogP contribution < -0.4 is 0 Å². The van der Waals surface area contributed by atoms with E-state index in [0.717, 1.165) is 28.3 Å². The van der Waals surface area contributed by atoms with E-state index in [0.29, 0.717) is 0 Å². The summed E-state index contributed by atoms with van der Waals surface area (Å²) in [5.74, 6) is 0. The number of rotatable bonds is 3. The lowest BCUT2D eigenvalue weighted by Gasteiger charge is -2.10. The molecule has 0 atom stereocenters. The van der Waals surface area contributed by atoms with Gasteiger partial charge in [0.1, 0.15) is 0 Å². The van der Waals surface area contributed by atoms with E-state index in [1.165, 1.54) is 0 Å². The van der Waals surface area contributed by atoms with Crippen LogP contribution in [0.15, 0.2) is 70.9 Å². The van der Waals surface area contributed by atoms with E-state index in [4.69, 9.17) is 4.98 Å². The number of aromatic nitrogens is 3. The number of hydrogen-bond donors (Lipinski definition) is 0. The Bertz CT molecular complexity index is 803. The molecule has 0 bridgehead atoms. The minimum Gasteiger partial charge on any atom is -0.260 e. The van der Waals surface area contributed by atoms with Gasteiger partial charge in [0.25, 0.3) is 0 Å². The number of hydrogen-bond acceptors (Lipinski definition) is 5. The highest BCUT2D eigenvalue weighted by molar-refractivity contribution is 6.17. The Labute approximate surface area is 133 Å². The van der Waals surface area contributed by atoms with E-state index in [9.17, 15) is 0 Å². The summed E-state index contributed by atoms with van der Waals surface area (Å²) in [6.45, 7) is 0. The van der Waals surface area contributed by atoms with Crippen molar-refractivity contribution in [1.29, 1.82) is 0 Å². The quantitative estimate of drug-likeness (QED) is 0.745. The summed E-state index contributed by atoms with van der Waals surface area (Å²) in [6.07, 6.45) is 6.73. The second kappa shape index (κ2) is 5.88. The zero-order valence-corrected chi connectivity index (χ0v) is 12.2. The van der Waals surface area contributed by atoms with Crippen LogP contribution in [0.2, 0.25) is 0 Å². The molecule has 5 heteroatoms. The molecule has 4 rings (SSSR count). The van der Waals surface area contributed by atoms with Gasteiger partial charge in [-0.3, -0.25) is 20.0 Å². The first-order valence-electron chi connectivity index (χ1n) is 7.30. The molecular formula is C18H13N5. The average molecular weight is 299 g/mol. The third-order valence-corrected chi connectivity index (χ3v) is 3.52. The summed E-state index contributed by atoms with van der Waals surface area (Å²) in [6, 6.07) is 15.5. The van der Waals surface area contributed by atoms with E-state index in [2.05, 4.69) is 20.0 Å². The minimum atomic E-state index is -0.220. The lowest BCUT2D eigenvalue weighted by molar-refractivity contribution is 0.800. The summed E-state index contributed by atoms with van der Waals surface area (Å²) >= 11 is 0. The van der Waals surface area contributed by atoms with Gasteiger partial charge in [-0.05, 0) is 36.4 Å². The van der Waals surface area contributed by atoms with Crippen molar-refractivity contribution >= 4 is 12.4 Å². The molecule has 0 fully saturated rings. The van der Waals surface area contributed by atoms with Gasteiger partial charge in [0, 0.05) is 30.4 Å². The van der Waals surface area contributed by atoms with Crippen LogP contribution in [-0.4, -0.2) is 27.4 Å². The largest absolute Gasteiger partial charge is 0.260 e. The molecular weight excluding hydrogens is 286 g/mol. The summed E-state index contributed by atoms with van der Waals surface area (Å²) < 4.78 is 0. The summed E-state index contributed by atoms with van der Waals surface area (Å²) in [7, 11) is 0. The number of pyridine rings is 3. The molecule has 4 heterocycles. The van der Waals surface area contributed by atoms with E-state index in [1.54, 1.807) is 24.8 Å². The van der Waals surface area contributed by atoms with Crippen molar-refractivity contribution in [3.05, 3.63) is 66.5 Å². The zero-order valence-electron chi connectivity index (χ0n) is 12.2. The molecule has 0 aliphatic carbocycles.